The molecule has 0 spiro atoms. The molecule has 0 heterocycles. The van der Waals surface area contributed by atoms with Crippen LogP contribution in [0.3, 0.4) is 0 Å². The molecule has 24 heavy (non-hydrogen) atoms. The van der Waals surface area contributed by atoms with Crippen molar-refractivity contribution < 1.29 is 9.90 Å². The second-order valence-corrected chi connectivity index (χ2v) is 6.63. The van der Waals surface area contributed by atoms with Gasteiger partial charge in [0.2, 0.25) is 5.91 Å². The van der Waals surface area contributed by atoms with E-state index < -0.39 is 0 Å². The molecule has 4 N–H and O–H groups in total. The molecular weight excluding hydrogens is 419 g/mol. The lowest BCUT2D eigenvalue weighted by atomic mass is 9.94. The van der Waals surface area contributed by atoms with Gasteiger partial charge in [-0.1, -0.05) is 13.8 Å². The number of rotatable bonds is 11. The van der Waals surface area contributed by atoms with Gasteiger partial charge in [0.1, 0.15) is 0 Å². The van der Waals surface area contributed by atoms with Crippen molar-refractivity contribution in [2.45, 2.75) is 59.9 Å². The molecule has 0 bridgehead atoms. The number of halogens is 1. The summed E-state index contributed by atoms with van der Waals surface area (Å²) in [5, 5.41) is 18.4. The molecule has 0 aromatic heterocycles. The second kappa shape index (κ2) is 15.9. The van der Waals surface area contributed by atoms with Crippen molar-refractivity contribution in [1.82, 2.24) is 16.0 Å². The zero-order valence-corrected chi connectivity index (χ0v) is 18.2. The maximum Gasteiger partial charge on any atom is 0.221 e. The third-order valence-corrected chi connectivity index (χ3v) is 3.29. The molecule has 1 amide bonds. The molecule has 0 aliphatic carbocycles. The first-order chi connectivity index (χ1) is 10.9. The van der Waals surface area contributed by atoms with E-state index in [2.05, 4.69) is 34.8 Å². The van der Waals surface area contributed by atoms with Crippen molar-refractivity contribution in [3.63, 3.8) is 0 Å². The van der Waals surface area contributed by atoms with Crippen molar-refractivity contribution in [2.24, 2.45) is 16.8 Å². The molecule has 6 nitrogen and oxygen atoms in total. The van der Waals surface area contributed by atoms with Crippen molar-refractivity contribution in [1.29, 1.82) is 0 Å². The number of hydrogen-bond donors (Lipinski definition) is 4. The highest BCUT2D eigenvalue weighted by Crippen LogP contribution is 2.15. The van der Waals surface area contributed by atoms with Crippen molar-refractivity contribution in [3.8, 4) is 0 Å². The minimum absolute atomic E-state index is 0. The molecule has 0 aliphatic heterocycles. The summed E-state index contributed by atoms with van der Waals surface area (Å²) in [6.07, 6.45) is 2.26. The topological polar surface area (TPSA) is 85.8 Å². The molecular formula is C17H37IN4O2. The molecule has 0 fully saturated rings. The largest absolute Gasteiger partial charge is 0.396 e. The minimum atomic E-state index is 0. The Morgan fingerprint density at radius 2 is 1.83 bits per heavy atom. The van der Waals surface area contributed by atoms with E-state index in [0.717, 1.165) is 25.3 Å². The lowest BCUT2D eigenvalue weighted by Crippen LogP contribution is -2.40. The van der Waals surface area contributed by atoms with Gasteiger partial charge in [-0.3, -0.25) is 9.79 Å². The van der Waals surface area contributed by atoms with Crippen LogP contribution in [-0.4, -0.2) is 49.3 Å². The number of nitrogens with zero attached hydrogens (tertiary/aromatic N) is 1. The Labute approximate surface area is 164 Å². The van der Waals surface area contributed by atoms with Crippen LogP contribution >= 0.6 is 24.0 Å². The fraction of sp³-hybridized carbons (Fsp3) is 0.882. The summed E-state index contributed by atoms with van der Waals surface area (Å²) in [6.45, 7) is 12.5. The van der Waals surface area contributed by atoms with Gasteiger partial charge in [0, 0.05) is 38.7 Å². The normalized spacial score (nSPS) is 12.8. The van der Waals surface area contributed by atoms with Crippen LogP contribution in [0.2, 0.25) is 0 Å². The Morgan fingerprint density at radius 1 is 1.17 bits per heavy atom. The number of guanidine groups is 1. The fourth-order valence-corrected chi connectivity index (χ4v) is 2.38. The lowest BCUT2D eigenvalue weighted by Gasteiger charge is -2.17. The number of carbonyl (C=O) groups excluding carboxylic acids is 1. The van der Waals surface area contributed by atoms with E-state index in [-0.39, 0.29) is 42.5 Å². The predicted molar refractivity (Wildman–Crippen MR) is 112 cm³/mol. The minimum Gasteiger partial charge on any atom is -0.396 e. The Balaban J connectivity index is 0. The first-order valence-electron chi connectivity index (χ1n) is 8.81. The molecule has 0 radical (unpaired) electrons. The number of aliphatic hydroxyl groups excluding tert-OH is 1. The van der Waals surface area contributed by atoms with Crippen molar-refractivity contribution in [3.05, 3.63) is 0 Å². The van der Waals surface area contributed by atoms with Gasteiger partial charge in [0.25, 0.3) is 0 Å². The average Bonchev–Trinajstić information content (AvgIpc) is 2.43. The number of aliphatic imine (C=N–C) groups is 1. The van der Waals surface area contributed by atoms with Crippen LogP contribution in [0.4, 0.5) is 0 Å². The van der Waals surface area contributed by atoms with Gasteiger partial charge < -0.3 is 21.1 Å². The van der Waals surface area contributed by atoms with Gasteiger partial charge >= 0.3 is 0 Å². The summed E-state index contributed by atoms with van der Waals surface area (Å²) in [5.41, 5.74) is 0. The van der Waals surface area contributed by atoms with Gasteiger partial charge in [0.15, 0.2) is 5.96 Å². The molecule has 0 rings (SSSR count). The van der Waals surface area contributed by atoms with E-state index in [0.29, 0.717) is 31.3 Å². The third-order valence-electron chi connectivity index (χ3n) is 3.29. The molecule has 1 atom stereocenters. The molecule has 1 unspecified atom stereocenters. The molecule has 144 valence electrons. The van der Waals surface area contributed by atoms with Crippen LogP contribution in [0.25, 0.3) is 0 Å². The third kappa shape index (κ3) is 15.0. The van der Waals surface area contributed by atoms with Crippen LogP contribution in [0.1, 0.15) is 53.9 Å². The van der Waals surface area contributed by atoms with Crippen LogP contribution in [-0.2, 0) is 4.79 Å². The number of nitrogens with one attached hydrogen (secondary N) is 3. The molecule has 0 saturated heterocycles. The number of amides is 1. The van der Waals surface area contributed by atoms with Gasteiger partial charge in [-0.2, -0.15) is 0 Å². The highest BCUT2D eigenvalue weighted by Gasteiger charge is 2.11. The summed E-state index contributed by atoms with van der Waals surface area (Å²) in [4.78, 5) is 16.2. The van der Waals surface area contributed by atoms with Crippen molar-refractivity contribution >= 4 is 35.8 Å². The van der Waals surface area contributed by atoms with Gasteiger partial charge in [-0.05, 0) is 45.4 Å². The van der Waals surface area contributed by atoms with E-state index in [1.165, 1.54) is 0 Å². The standard InChI is InChI=1S/C17H36N4O2.HI/c1-6-18-17(19-9-7-16(23)21-14(4)5)20-12-15(8-10-22)11-13(2)3;/h13-15,22H,6-12H2,1-5H3,(H,21,23)(H2,18,19,20);1H. The second-order valence-electron chi connectivity index (χ2n) is 6.63. The quantitative estimate of drug-likeness (QED) is 0.218. The maximum absolute atomic E-state index is 11.6. The van der Waals surface area contributed by atoms with Gasteiger partial charge in [-0.25, -0.2) is 0 Å². The molecule has 0 saturated carbocycles. The average molecular weight is 456 g/mol. The number of hydrogen-bond acceptors (Lipinski definition) is 3. The summed E-state index contributed by atoms with van der Waals surface area (Å²) >= 11 is 0. The lowest BCUT2D eigenvalue weighted by molar-refractivity contribution is -0.121. The van der Waals surface area contributed by atoms with E-state index in [1.807, 2.05) is 20.8 Å². The van der Waals surface area contributed by atoms with E-state index in [4.69, 9.17) is 5.11 Å². The van der Waals surface area contributed by atoms with E-state index >= 15 is 0 Å². The highest BCUT2D eigenvalue weighted by atomic mass is 127. The Bertz CT molecular complexity index is 349. The van der Waals surface area contributed by atoms with E-state index in [9.17, 15) is 4.79 Å². The molecule has 0 aliphatic rings. The Hall–Kier alpha value is -0.570. The maximum atomic E-state index is 11.6. The zero-order valence-electron chi connectivity index (χ0n) is 15.9. The summed E-state index contributed by atoms with van der Waals surface area (Å²) in [7, 11) is 0. The van der Waals surface area contributed by atoms with E-state index in [1.54, 1.807) is 0 Å². The smallest absolute Gasteiger partial charge is 0.221 e. The van der Waals surface area contributed by atoms with Crippen LogP contribution in [0.5, 0.6) is 0 Å². The van der Waals surface area contributed by atoms with Crippen LogP contribution in [0, 0.1) is 11.8 Å². The highest BCUT2D eigenvalue weighted by molar-refractivity contribution is 14.0. The Kier molecular flexibility index (Phi) is 17.0. The van der Waals surface area contributed by atoms with Gasteiger partial charge in [0.05, 0.1) is 0 Å². The SMILES string of the molecule is CCNC(=NCC(CCO)CC(C)C)NCCC(=O)NC(C)C.I. The molecule has 0 aromatic rings. The molecule has 0 aromatic carbocycles. The number of aliphatic hydroxyl groups is 1. The first-order valence-corrected chi connectivity index (χ1v) is 8.81. The fourth-order valence-electron chi connectivity index (χ4n) is 2.38. The number of carbonyl (C=O) groups is 1. The van der Waals surface area contributed by atoms with Crippen LogP contribution in [0.15, 0.2) is 4.99 Å². The Morgan fingerprint density at radius 3 is 2.33 bits per heavy atom. The predicted octanol–water partition coefficient (Wildman–Crippen LogP) is 2.12. The van der Waals surface area contributed by atoms with Crippen LogP contribution < -0.4 is 16.0 Å². The monoisotopic (exact) mass is 456 g/mol. The van der Waals surface area contributed by atoms with Gasteiger partial charge in [-0.15, -0.1) is 24.0 Å². The molecule has 7 heteroatoms. The summed E-state index contributed by atoms with van der Waals surface area (Å²) in [5.74, 6) is 1.76. The first kappa shape index (κ1) is 25.7. The van der Waals surface area contributed by atoms with Crippen molar-refractivity contribution in [2.75, 3.05) is 26.2 Å². The zero-order chi connectivity index (χ0) is 17.7. The summed E-state index contributed by atoms with van der Waals surface area (Å²) in [6, 6.07) is 0.166. The summed E-state index contributed by atoms with van der Waals surface area (Å²) < 4.78 is 0.